The Balaban J connectivity index is 1.62. The van der Waals surface area contributed by atoms with E-state index in [1.54, 1.807) is 36.1 Å². The van der Waals surface area contributed by atoms with E-state index in [-0.39, 0.29) is 24.7 Å². The van der Waals surface area contributed by atoms with E-state index in [9.17, 15) is 14.4 Å². The second-order valence-corrected chi connectivity index (χ2v) is 6.05. The summed E-state index contributed by atoms with van der Waals surface area (Å²) >= 11 is 0. The van der Waals surface area contributed by atoms with Crippen molar-refractivity contribution in [1.29, 1.82) is 0 Å². The largest absolute Gasteiger partial charge is 0.454 e. The quantitative estimate of drug-likeness (QED) is 0.622. The molecule has 0 unspecified atom stereocenters. The molecular weight excluding hydrogens is 318 g/mol. The minimum Gasteiger partial charge on any atom is -0.454 e. The second-order valence-electron chi connectivity index (χ2n) is 6.05. The topological polar surface area (TPSA) is 63.7 Å². The Labute approximate surface area is 146 Å². The molecule has 0 N–H and O–H groups in total. The first-order valence-corrected chi connectivity index (χ1v) is 8.21. The molecule has 1 saturated heterocycles. The number of para-hydroxylation sites is 1. The zero-order chi connectivity index (χ0) is 17.8. The molecule has 0 aliphatic carbocycles. The number of carbonyl (C=O) groups is 3. The molecule has 2 aromatic rings. The standard InChI is InChI=1S/C20H19NO4/c1-14(19(23)15-8-4-2-5-9-15)25-20(24)16-12-18(22)21(13-16)17-10-6-3-7-11-17/h2-11,14,16H,12-13H2,1H3/t14-,16-/m0/s1. The summed E-state index contributed by atoms with van der Waals surface area (Å²) in [4.78, 5) is 38.4. The van der Waals surface area contributed by atoms with Gasteiger partial charge in [-0.25, -0.2) is 0 Å². The lowest BCUT2D eigenvalue weighted by Crippen LogP contribution is -2.30. The van der Waals surface area contributed by atoms with Crippen molar-refractivity contribution in [3.63, 3.8) is 0 Å². The van der Waals surface area contributed by atoms with Crippen molar-refractivity contribution < 1.29 is 19.1 Å². The summed E-state index contributed by atoms with van der Waals surface area (Å²) in [6.45, 7) is 1.83. The lowest BCUT2D eigenvalue weighted by molar-refractivity contribution is -0.151. The maximum Gasteiger partial charge on any atom is 0.312 e. The third kappa shape index (κ3) is 3.76. The molecule has 128 valence electrons. The fourth-order valence-corrected chi connectivity index (χ4v) is 2.88. The van der Waals surface area contributed by atoms with Gasteiger partial charge in [0.2, 0.25) is 11.7 Å². The lowest BCUT2D eigenvalue weighted by Gasteiger charge is -2.17. The monoisotopic (exact) mass is 337 g/mol. The van der Waals surface area contributed by atoms with E-state index in [1.807, 2.05) is 36.4 Å². The first kappa shape index (κ1) is 16.9. The average Bonchev–Trinajstić information content (AvgIpc) is 3.04. The molecule has 0 saturated carbocycles. The summed E-state index contributed by atoms with van der Waals surface area (Å²) in [7, 11) is 0. The number of amides is 1. The summed E-state index contributed by atoms with van der Waals surface area (Å²) < 4.78 is 5.32. The van der Waals surface area contributed by atoms with Crippen LogP contribution in [0.2, 0.25) is 0 Å². The van der Waals surface area contributed by atoms with Gasteiger partial charge >= 0.3 is 5.97 Å². The van der Waals surface area contributed by atoms with Crippen molar-refractivity contribution >= 4 is 23.3 Å². The molecule has 0 aromatic heterocycles. The van der Waals surface area contributed by atoms with E-state index in [0.717, 1.165) is 5.69 Å². The third-order valence-corrected chi connectivity index (χ3v) is 4.25. The number of Topliss-reactive ketones (excluding diaryl/α,β-unsaturated/α-hetero) is 1. The van der Waals surface area contributed by atoms with Crippen LogP contribution in [0.3, 0.4) is 0 Å². The van der Waals surface area contributed by atoms with Gasteiger partial charge < -0.3 is 9.64 Å². The number of anilines is 1. The van der Waals surface area contributed by atoms with Crippen LogP contribution in [0.5, 0.6) is 0 Å². The van der Waals surface area contributed by atoms with Crippen molar-refractivity contribution in [1.82, 2.24) is 0 Å². The van der Waals surface area contributed by atoms with Crippen molar-refractivity contribution in [2.45, 2.75) is 19.4 Å². The van der Waals surface area contributed by atoms with Gasteiger partial charge in [-0.05, 0) is 19.1 Å². The Morgan fingerprint density at radius 3 is 2.28 bits per heavy atom. The molecule has 0 radical (unpaired) electrons. The number of hydrogen-bond donors (Lipinski definition) is 0. The molecule has 25 heavy (non-hydrogen) atoms. The summed E-state index contributed by atoms with van der Waals surface area (Å²) in [5.74, 6) is -1.43. The zero-order valence-electron chi connectivity index (χ0n) is 13.9. The Bertz CT molecular complexity index is 773. The van der Waals surface area contributed by atoms with Gasteiger partial charge in [-0.3, -0.25) is 14.4 Å². The van der Waals surface area contributed by atoms with Crippen molar-refractivity contribution in [3.8, 4) is 0 Å². The van der Waals surface area contributed by atoms with Crippen LogP contribution in [-0.4, -0.2) is 30.3 Å². The predicted octanol–water partition coefficient (Wildman–Crippen LogP) is 2.85. The Morgan fingerprint density at radius 2 is 1.64 bits per heavy atom. The molecular formula is C20H19NO4. The maximum absolute atomic E-state index is 12.4. The number of benzene rings is 2. The SMILES string of the molecule is C[C@H](OC(=O)[C@H]1CC(=O)N(c2ccccc2)C1)C(=O)c1ccccc1. The molecule has 2 aromatic carbocycles. The van der Waals surface area contributed by atoms with E-state index in [2.05, 4.69) is 0 Å². The van der Waals surface area contributed by atoms with Crippen molar-refractivity contribution in [2.24, 2.45) is 5.92 Å². The van der Waals surface area contributed by atoms with Gasteiger partial charge in [0.1, 0.15) is 0 Å². The molecule has 1 aliphatic heterocycles. The average molecular weight is 337 g/mol. The molecule has 0 spiro atoms. The van der Waals surface area contributed by atoms with E-state index >= 15 is 0 Å². The van der Waals surface area contributed by atoms with Gasteiger partial charge in [-0.1, -0.05) is 48.5 Å². The molecule has 1 heterocycles. The fourth-order valence-electron chi connectivity index (χ4n) is 2.88. The third-order valence-electron chi connectivity index (χ3n) is 4.25. The minimum absolute atomic E-state index is 0.0972. The van der Waals surface area contributed by atoms with Gasteiger partial charge in [0, 0.05) is 24.2 Å². The van der Waals surface area contributed by atoms with E-state index in [1.165, 1.54) is 0 Å². The van der Waals surface area contributed by atoms with E-state index in [0.29, 0.717) is 5.56 Å². The predicted molar refractivity (Wildman–Crippen MR) is 93.2 cm³/mol. The van der Waals surface area contributed by atoms with Crippen LogP contribution in [0.15, 0.2) is 60.7 Å². The van der Waals surface area contributed by atoms with Gasteiger partial charge in [-0.15, -0.1) is 0 Å². The highest BCUT2D eigenvalue weighted by Crippen LogP contribution is 2.26. The van der Waals surface area contributed by atoms with Gasteiger partial charge in [-0.2, -0.15) is 0 Å². The van der Waals surface area contributed by atoms with E-state index < -0.39 is 18.0 Å². The Morgan fingerprint density at radius 1 is 1.04 bits per heavy atom. The Hall–Kier alpha value is -2.95. The summed E-state index contributed by atoms with van der Waals surface area (Å²) in [5.41, 5.74) is 1.26. The summed E-state index contributed by atoms with van der Waals surface area (Å²) in [6.07, 6.45) is -0.782. The van der Waals surface area contributed by atoms with Gasteiger partial charge in [0.15, 0.2) is 6.10 Å². The number of ether oxygens (including phenoxy) is 1. The maximum atomic E-state index is 12.4. The van der Waals surface area contributed by atoms with Gasteiger partial charge in [0.05, 0.1) is 5.92 Å². The normalized spacial score (nSPS) is 18.0. The second kappa shape index (κ2) is 7.30. The minimum atomic E-state index is -0.879. The van der Waals surface area contributed by atoms with Crippen molar-refractivity contribution in [2.75, 3.05) is 11.4 Å². The zero-order valence-corrected chi connectivity index (χ0v) is 13.9. The van der Waals surface area contributed by atoms with Crippen LogP contribution in [0.4, 0.5) is 5.69 Å². The Kier molecular flexibility index (Phi) is 4.93. The highest BCUT2D eigenvalue weighted by Gasteiger charge is 2.37. The molecule has 5 heteroatoms. The highest BCUT2D eigenvalue weighted by atomic mass is 16.5. The molecule has 2 atom stereocenters. The lowest BCUT2D eigenvalue weighted by atomic mass is 10.1. The smallest absolute Gasteiger partial charge is 0.312 e. The number of rotatable bonds is 5. The number of esters is 1. The molecule has 0 bridgehead atoms. The summed E-state index contributed by atoms with van der Waals surface area (Å²) in [6, 6.07) is 17.9. The molecule has 1 fully saturated rings. The van der Waals surface area contributed by atoms with Gasteiger partial charge in [0.25, 0.3) is 0 Å². The van der Waals surface area contributed by atoms with Crippen LogP contribution in [0.1, 0.15) is 23.7 Å². The van der Waals surface area contributed by atoms with Crippen LogP contribution in [0, 0.1) is 5.92 Å². The first-order valence-electron chi connectivity index (χ1n) is 8.21. The van der Waals surface area contributed by atoms with Crippen LogP contribution < -0.4 is 4.90 Å². The molecule has 1 aliphatic rings. The molecule has 3 rings (SSSR count). The number of nitrogens with zero attached hydrogens (tertiary/aromatic N) is 1. The van der Waals surface area contributed by atoms with Crippen LogP contribution in [0.25, 0.3) is 0 Å². The number of carbonyl (C=O) groups excluding carboxylic acids is 3. The van der Waals surface area contributed by atoms with Crippen molar-refractivity contribution in [3.05, 3.63) is 66.2 Å². The number of ketones is 1. The van der Waals surface area contributed by atoms with E-state index in [4.69, 9.17) is 4.74 Å². The highest BCUT2D eigenvalue weighted by molar-refractivity contribution is 6.02. The first-order chi connectivity index (χ1) is 12.1. The number of hydrogen-bond acceptors (Lipinski definition) is 4. The fraction of sp³-hybridized carbons (Fsp3) is 0.250. The van der Waals surface area contributed by atoms with Crippen LogP contribution >= 0.6 is 0 Å². The molecule has 1 amide bonds. The summed E-state index contributed by atoms with van der Waals surface area (Å²) in [5, 5.41) is 0. The molecule has 5 nitrogen and oxygen atoms in total. The van der Waals surface area contributed by atoms with Crippen LogP contribution in [-0.2, 0) is 14.3 Å².